The van der Waals surface area contributed by atoms with Crippen LogP contribution in [0.1, 0.15) is 37.7 Å². The van der Waals surface area contributed by atoms with E-state index in [1.165, 1.54) is 6.07 Å². The number of nitrogens with one attached hydrogen (secondary N) is 1. The van der Waals surface area contributed by atoms with Crippen molar-refractivity contribution in [1.82, 2.24) is 5.32 Å². The van der Waals surface area contributed by atoms with Gasteiger partial charge >= 0.3 is 0 Å². The Morgan fingerprint density at radius 1 is 1.00 bits per heavy atom. The number of hydrogen-bond acceptors (Lipinski definition) is 5. The molecule has 2 rings (SSSR count). The molecule has 0 radical (unpaired) electrons. The van der Waals surface area contributed by atoms with E-state index in [-0.39, 0.29) is 6.61 Å². The average molecular weight is 359 g/mol. The number of aliphatic hydroxyl groups excluding tert-OH is 4. The van der Waals surface area contributed by atoms with E-state index in [1.807, 2.05) is 0 Å². The van der Waals surface area contributed by atoms with Crippen molar-refractivity contribution in [3.05, 3.63) is 35.4 Å². The Morgan fingerprint density at radius 3 is 2.36 bits per heavy atom. The van der Waals surface area contributed by atoms with E-state index in [2.05, 4.69) is 5.32 Å². The number of halogens is 2. The maximum atomic E-state index is 13.1. The number of aliphatic hydroxyl groups is 4. The third kappa shape index (κ3) is 5.43. The summed E-state index contributed by atoms with van der Waals surface area (Å²) < 4.78 is 25.9. The zero-order chi connectivity index (χ0) is 18.4. The van der Waals surface area contributed by atoms with E-state index in [0.717, 1.165) is 37.3 Å². The van der Waals surface area contributed by atoms with Crippen LogP contribution in [0.2, 0.25) is 0 Å². The van der Waals surface area contributed by atoms with Gasteiger partial charge in [-0.2, -0.15) is 0 Å². The summed E-state index contributed by atoms with van der Waals surface area (Å²) in [6.07, 6.45) is 1.54. The molecule has 0 aliphatic carbocycles. The molecule has 1 aromatic rings. The standard InChI is InChI=1S/C18H27F2NO4/c19-12-8-7-11(9-13(12)20)5-3-1-2-4-6-15(23)16-18(25)17(24)14(10-22)21-16/h7-9,14-18,21-25H,1-6,10H2/t14-,15-,16-,17-,18-/m0/s1. The van der Waals surface area contributed by atoms with Crippen LogP contribution in [0.3, 0.4) is 0 Å². The predicted molar refractivity (Wildman–Crippen MR) is 89.0 cm³/mol. The zero-order valence-electron chi connectivity index (χ0n) is 14.1. The molecule has 1 fully saturated rings. The quantitative estimate of drug-likeness (QED) is 0.422. The molecule has 5 atom stereocenters. The molecule has 7 heteroatoms. The lowest BCUT2D eigenvalue weighted by Gasteiger charge is -2.22. The summed E-state index contributed by atoms with van der Waals surface area (Å²) in [4.78, 5) is 0. The Balaban J connectivity index is 1.62. The van der Waals surface area contributed by atoms with Crippen LogP contribution >= 0.6 is 0 Å². The topological polar surface area (TPSA) is 93.0 Å². The third-order valence-electron chi connectivity index (χ3n) is 4.85. The minimum atomic E-state index is -1.10. The fourth-order valence-electron chi connectivity index (χ4n) is 3.31. The van der Waals surface area contributed by atoms with Gasteiger partial charge in [-0.25, -0.2) is 8.78 Å². The first-order chi connectivity index (χ1) is 11.9. The van der Waals surface area contributed by atoms with Gasteiger partial charge in [0.15, 0.2) is 11.6 Å². The maximum absolute atomic E-state index is 13.1. The summed E-state index contributed by atoms with van der Waals surface area (Å²) >= 11 is 0. The first-order valence-corrected chi connectivity index (χ1v) is 8.79. The van der Waals surface area contributed by atoms with Crippen LogP contribution in [-0.4, -0.2) is 57.4 Å². The number of hydrogen-bond donors (Lipinski definition) is 5. The van der Waals surface area contributed by atoms with E-state index in [1.54, 1.807) is 6.07 Å². The molecule has 0 saturated carbocycles. The summed E-state index contributed by atoms with van der Waals surface area (Å²) in [5.41, 5.74) is 0.765. The van der Waals surface area contributed by atoms with Gasteiger partial charge < -0.3 is 25.7 Å². The molecule has 142 valence electrons. The summed E-state index contributed by atoms with van der Waals surface area (Å²) in [6, 6.07) is 2.67. The zero-order valence-corrected chi connectivity index (χ0v) is 14.1. The molecule has 0 unspecified atom stereocenters. The molecule has 5 N–H and O–H groups in total. The van der Waals surface area contributed by atoms with Crippen molar-refractivity contribution >= 4 is 0 Å². The minimum Gasteiger partial charge on any atom is -0.395 e. The van der Waals surface area contributed by atoms with Gasteiger partial charge in [-0.05, 0) is 37.0 Å². The highest BCUT2D eigenvalue weighted by Crippen LogP contribution is 2.20. The van der Waals surface area contributed by atoms with E-state index < -0.39 is 42.0 Å². The lowest BCUT2D eigenvalue weighted by atomic mass is 9.98. The predicted octanol–water partition coefficient (Wildman–Crippen LogP) is 0.873. The fourth-order valence-corrected chi connectivity index (χ4v) is 3.31. The number of rotatable bonds is 9. The van der Waals surface area contributed by atoms with E-state index in [9.17, 15) is 24.1 Å². The molecule has 1 aliphatic heterocycles. The molecule has 0 bridgehead atoms. The van der Waals surface area contributed by atoms with Crippen LogP contribution in [-0.2, 0) is 6.42 Å². The van der Waals surface area contributed by atoms with Gasteiger partial charge in [0.25, 0.3) is 0 Å². The Hall–Kier alpha value is -1.12. The smallest absolute Gasteiger partial charge is 0.159 e. The number of aryl methyl sites for hydroxylation is 1. The number of unbranched alkanes of at least 4 members (excludes halogenated alkanes) is 3. The second-order valence-electron chi connectivity index (χ2n) is 6.73. The molecular formula is C18H27F2NO4. The van der Waals surface area contributed by atoms with Gasteiger partial charge in [0.2, 0.25) is 0 Å². The van der Waals surface area contributed by atoms with Crippen LogP contribution < -0.4 is 5.32 Å². The van der Waals surface area contributed by atoms with Crippen LogP contribution in [0.25, 0.3) is 0 Å². The fraction of sp³-hybridized carbons (Fsp3) is 0.667. The SMILES string of the molecule is OC[C@@H]1N[C@@H]([C@@H](O)CCCCCCc2ccc(F)c(F)c2)[C@H](O)[C@H]1O. The highest BCUT2D eigenvalue weighted by Gasteiger charge is 2.43. The first kappa shape index (κ1) is 20.2. The van der Waals surface area contributed by atoms with Crippen molar-refractivity contribution in [2.45, 2.75) is 68.9 Å². The highest BCUT2D eigenvalue weighted by atomic mass is 19.2. The second kappa shape index (κ2) is 9.54. The summed E-state index contributed by atoms with van der Waals surface area (Å²) in [6.45, 7) is -0.300. The maximum Gasteiger partial charge on any atom is 0.159 e. The van der Waals surface area contributed by atoms with Crippen molar-refractivity contribution in [3.8, 4) is 0 Å². The normalized spacial score (nSPS) is 27.6. The third-order valence-corrected chi connectivity index (χ3v) is 4.85. The Labute approximate surface area is 146 Å². The van der Waals surface area contributed by atoms with E-state index in [4.69, 9.17) is 5.11 Å². The van der Waals surface area contributed by atoms with Crippen LogP contribution in [0, 0.1) is 11.6 Å². The average Bonchev–Trinajstić information content (AvgIpc) is 2.89. The van der Waals surface area contributed by atoms with Crippen molar-refractivity contribution in [1.29, 1.82) is 0 Å². The highest BCUT2D eigenvalue weighted by molar-refractivity contribution is 5.17. The molecule has 0 aromatic heterocycles. The lowest BCUT2D eigenvalue weighted by Crippen LogP contribution is -2.44. The van der Waals surface area contributed by atoms with E-state index >= 15 is 0 Å². The molecule has 1 aromatic carbocycles. The van der Waals surface area contributed by atoms with Crippen molar-refractivity contribution < 1.29 is 29.2 Å². The molecule has 25 heavy (non-hydrogen) atoms. The monoisotopic (exact) mass is 359 g/mol. The molecular weight excluding hydrogens is 332 g/mol. The largest absolute Gasteiger partial charge is 0.395 e. The molecule has 5 nitrogen and oxygen atoms in total. The van der Waals surface area contributed by atoms with Gasteiger partial charge in [-0.1, -0.05) is 25.3 Å². The van der Waals surface area contributed by atoms with Crippen LogP contribution in [0.4, 0.5) is 8.78 Å². The Bertz CT molecular complexity index is 546. The van der Waals surface area contributed by atoms with Gasteiger partial charge in [0.1, 0.15) is 0 Å². The van der Waals surface area contributed by atoms with Gasteiger partial charge in [-0.15, -0.1) is 0 Å². The van der Waals surface area contributed by atoms with Crippen molar-refractivity contribution in [3.63, 3.8) is 0 Å². The summed E-state index contributed by atoms with van der Waals surface area (Å²) in [5, 5.41) is 41.7. The Morgan fingerprint density at radius 2 is 1.72 bits per heavy atom. The number of benzene rings is 1. The molecule has 0 amide bonds. The minimum absolute atomic E-state index is 0.300. The van der Waals surface area contributed by atoms with Gasteiger partial charge in [-0.3, -0.25) is 0 Å². The van der Waals surface area contributed by atoms with Crippen LogP contribution in [0.5, 0.6) is 0 Å². The molecule has 1 saturated heterocycles. The van der Waals surface area contributed by atoms with Crippen molar-refractivity contribution in [2.75, 3.05) is 6.61 Å². The van der Waals surface area contributed by atoms with Crippen LogP contribution in [0.15, 0.2) is 18.2 Å². The molecule has 1 heterocycles. The van der Waals surface area contributed by atoms with Crippen molar-refractivity contribution in [2.24, 2.45) is 0 Å². The molecule has 0 spiro atoms. The molecule has 1 aliphatic rings. The second-order valence-corrected chi connectivity index (χ2v) is 6.73. The van der Waals surface area contributed by atoms with Gasteiger partial charge in [0.05, 0.1) is 37.0 Å². The van der Waals surface area contributed by atoms with E-state index in [0.29, 0.717) is 12.8 Å². The van der Waals surface area contributed by atoms with Gasteiger partial charge in [0, 0.05) is 0 Å². The summed E-state index contributed by atoms with van der Waals surface area (Å²) in [7, 11) is 0. The lowest BCUT2D eigenvalue weighted by molar-refractivity contribution is -0.00443. The first-order valence-electron chi connectivity index (χ1n) is 8.79. The Kier molecular flexibility index (Phi) is 7.71. The summed E-state index contributed by atoms with van der Waals surface area (Å²) in [5.74, 6) is -1.67.